The molecule has 1 amide bonds. The molecule has 0 radical (unpaired) electrons. The summed E-state index contributed by atoms with van der Waals surface area (Å²) in [7, 11) is 0. The van der Waals surface area contributed by atoms with Crippen LogP contribution in [0.25, 0.3) is 0 Å². The maximum atomic E-state index is 12.7. The molecule has 28 heavy (non-hydrogen) atoms. The van der Waals surface area contributed by atoms with Gasteiger partial charge in [0.05, 0.1) is 0 Å². The molecule has 1 atom stereocenters. The van der Waals surface area contributed by atoms with E-state index >= 15 is 0 Å². The predicted molar refractivity (Wildman–Crippen MR) is 115 cm³/mol. The number of nitrogens with one attached hydrogen (secondary N) is 1. The zero-order chi connectivity index (χ0) is 20.4. The van der Waals surface area contributed by atoms with E-state index in [0.29, 0.717) is 13.2 Å². The topological polar surface area (TPSA) is 50.8 Å². The van der Waals surface area contributed by atoms with Crippen LogP contribution in [0, 0.1) is 5.92 Å². The number of likely N-dealkylation sites (tertiary alicyclic amines) is 1. The Morgan fingerprint density at radius 1 is 1.21 bits per heavy atom. The maximum Gasteiger partial charge on any atom is 0.256 e. The van der Waals surface area contributed by atoms with Gasteiger partial charge in [0.2, 0.25) is 0 Å². The van der Waals surface area contributed by atoms with Crippen LogP contribution in [0.5, 0.6) is 5.75 Å². The summed E-state index contributed by atoms with van der Waals surface area (Å²) in [6.45, 7) is 12.8. The number of carbonyl (C=O) groups is 1. The van der Waals surface area contributed by atoms with Crippen LogP contribution in [-0.4, -0.2) is 49.3 Å². The second-order valence-electron chi connectivity index (χ2n) is 8.12. The highest BCUT2D eigenvalue weighted by Gasteiger charge is 2.33. The Labute approximate surface area is 170 Å². The van der Waals surface area contributed by atoms with Crippen LogP contribution in [0.3, 0.4) is 0 Å². The number of ether oxygens (including phenoxy) is 2. The average Bonchev–Trinajstić information content (AvgIpc) is 2.69. The Morgan fingerprint density at radius 3 is 2.50 bits per heavy atom. The van der Waals surface area contributed by atoms with Crippen molar-refractivity contribution in [3.05, 3.63) is 24.3 Å². The molecule has 158 valence electrons. The van der Waals surface area contributed by atoms with Crippen LogP contribution in [0.2, 0.25) is 0 Å². The molecule has 0 spiro atoms. The molecule has 0 aromatic heterocycles. The molecule has 1 heterocycles. The van der Waals surface area contributed by atoms with E-state index in [1.165, 1.54) is 25.9 Å². The third kappa shape index (κ3) is 7.10. The van der Waals surface area contributed by atoms with Gasteiger partial charge in [-0.1, -0.05) is 26.7 Å². The molecule has 0 saturated carbocycles. The normalized spacial score (nSPS) is 17.9. The number of anilines is 1. The number of carbonyl (C=O) groups excluding carboxylic acids is 1. The standard InChI is InChI=1S/C23H38N2O3/c1-5-7-14-23(4,28-6-2)22(26)24-20-8-10-21(11-9-20)27-18-17-25-15-12-19(3)13-16-25/h8-11,19H,5-7,12-18H2,1-4H3,(H,24,26). The van der Waals surface area contributed by atoms with Gasteiger partial charge < -0.3 is 14.8 Å². The van der Waals surface area contributed by atoms with Crippen molar-refractivity contribution in [2.75, 3.05) is 38.2 Å². The summed E-state index contributed by atoms with van der Waals surface area (Å²) in [5.41, 5.74) is -0.0175. The first-order valence-electron chi connectivity index (χ1n) is 10.9. The largest absolute Gasteiger partial charge is 0.492 e. The van der Waals surface area contributed by atoms with E-state index in [4.69, 9.17) is 9.47 Å². The lowest BCUT2D eigenvalue weighted by atomic mass is 9.97. The molecule has 5 heteroatoms. The Bertz CT molecular complexity index is 582. The second-order valence-corrected chi connectivity index (χ2v) is 8.12. The Balaban J connectivity index is 1.80. The van der Waals surface area contributed by atoms with Crippen molar-refractivity contribution in [2.45, 2.75) is 65.4 Å². The highest BCUT2D eigenvalue weighted by atomic mass is 16.5. The lowest BCUT2D eigenvalue weighted by Gasteiger charge is -2.29. The molecule has 1 aromatic rings. The summed E-state index contributed by atoms with van der Waals surface area (Å²) < 4.78 is 11.6. The van der Waals surface area contributed by atoms with Crippen LogP contribution in [-0.2, 0) is 9.53 Å². The summed E-state index contributed by atoms with van der Waals surface area (Å²) in [6.07, 6.45) is 5.30. The van der Waals surface area contributed by atoms with E-state index in [1.807, 2.05) is 38.1 Å². The molecule has 1 saturated heterocycles. The van der Waals surface area contributed by atoms with Gasteiger partial charge in [-0.2, -0.15) is 0 Å². The lowest BCUT2D eigenvalue weighted by Crippen LogP contribution is -2.42. The molecule has 5 nitrogen and oxygen atoms in total. The van der Waals surface area contributed by atoms with E-state index in [1.54, 1.807) is 0 Å². The van der Waals surface area contributed by atoms with Crippen molar-refractivity contribution in [3.8, 4) is 5.75 Å². The van der Waals surface area contributed by atoms with Gasteiger partial charge in [-0.05, 0) is 76.4 Å². The third-order valence-electron chi connectivity index (χ3n) is 5.62. The molecular weight excluding hydrogens is 352 g/mol. The first-order valence-corrected chi connectivity index (χ1v) is 10.9. The average molecular weight is 391 g/mol. The van der Waals surface area contributed by atoms with E-state index in [0.717, 1.165) is 43.2 Å². The molecule has 1 aliphatic heterocycles. The number of hydrogen-bond donors (Lipinski definition) is 1. The smallest absolute Gasteiger partial charge is 0.256 e. The molecule has 1 aliphatic rings. The van der Waals surface area contributed by atoms with Gasteiger partial charge >= 0.3 is 0 Å². The zero-order valence-electron chi connectivity index (χ0n) is 18.1. The fourth-order valence-corrected chi connectivity index (χ4v) is 3.56. The van der Waals surface area contributed by atoms with Crippen molar-refractivity contribution in [2.24, 2.45) is 5.92 Å². The molecule has 1 N–H and O–H groups in total. The molecule has 1 fully saturated rings. The van der Waals surface area contributed by atoms with Crippen LogP contribution >= 0.6 is 0 Å². The van der Waals surface area contributed by atoms with Gasteiger partial charge in [0.25, 0.3) is 5.91 Å². The molecular formula is C23H38N2O3. The van der Waals surface area contributed by atoms with Crippen molar-refractivity contribution < 1.29 is 14.3 Å². The highest BCUT2D eigenvalue weighted by Crippen LogP contribution is 2.23. The van der Waals surface area contributed by atoms with Crippen LogP contribution in [0.4, 0.5) is 5.69 Å². The molecule has 0 aliphatic carbocycles. The van der Waals surface area contributed by atoms with Crippen molar-refractivity contribution >= 4 is 11.6 Å². The SMILES string of the molecule is CCCCC(C)(OCC)C(=O)Nc1ccc(OCCN2CCC(C)CC2)cc1. The van der Waals surface area contributed by atoms with Crippen molar-refractivity contribution in [1.82, 2.24) is 4.90 Å². The fraction of sp³-hybridized carbons (Fsp3) is 0.696. The summed E-state index contributed by atoms with van der Waals surface area (Å²) in [5, 5.41) is 2.99. The number of amides is 1. The first-order chi connectivity index (χ1) is 13.5. The van der Waals surface area contributed by atoms with E-state index in [-0.39, 0.29) is 5.91 Å². The molecule has 1 unspecified atom stereocenters. The van der Waals surface area contributed by atoms with Gasteiger partial charge in [-0.15, -0.1) is 0 Å². The number of unbranched alkanes of at least 4 members (excludes halogenated alkanes) is 1. The van der Waals surface area contributed by atoms with Crippen molar-refractivity contribution in [1.29, 1.82) is 0 Å². The molecule has 2 rings (SSSR count). The van der Waals surface area contributed by atoms with Gasteiger partial charge in [-0.25, -0.2) is 0 Å². The highest BCUT2D eigenvalue weighted by molar-refractivity contribution is 5.97. The van der Waals surface area contributed by atoms with Crippen molar-refractivity contribution in [3.63, 3.8) is 0 Å². The monoisotopic (exact) mass is 390 g/mol. The van der Waals surface area contributed by atoms with Crippen LogP contribution < -0.4 is 10.1 Å². The fourth-order valence-electron chi connectivity index (χ4n) is 3.56. The number of hydrogen-bond acceptors (Lipinski definition) is 4. The number of benzene rings is 1. The Hall–Kier alpha value is -1.59. The maximum absolute atomic E-state index is 12.7. The Kier molecular flexibility index (Phi) is 9.26. The van der Waals surface area contributed by atoms with Gasteiger partial charge in [-0.3, -0.25) is 9.69 Å². The molecule has 0 bridgehead atoms. The number of nitrogens with zero attached hydrogens (tertiary/aromatic N) is 1. The zero-order valence-corrected chi connectivity index (χ0v) is 18.1. The minimum Gasteiger partial charge on any atom is -0.492 e. The lowest BCUT2D eigenvalue weighted by molar-refractivity contribution is -0.139. The minimum atomic E-state index is -0.786. The van der Waals surface area contributed by atoms with Gasteiger partial charge in [0.1, 0.15) is 18.0 Å². The molecule has 1 aromatic carbocycles. The van der Waals surface area contributed by atoms with Crippen LogP contribution in [0.15, 0.2) is 24.3 Å². The number of piperidine rings is 1. The number of rotatable bonds is 11. The summed E-state index contributed by atoms with van der Waals surface area (Å²) in [5.74, 6) is 1.60. The quantitative estimate of drug-likeness (QED) is 0.594. The van der Waals surface area contributed by atoms with E-state index < -0.39 is 5.60 Å². The third-order valence-corrected chi connectivity index (χ3v) is 5.62. The van der Waals surface area contributed by atoms with Gasteiger partial charge in [0, 0.05) is 18.8 Å². The second kappa shape index (κ2) is 11.4. The van der Waals surface area contributed by atoms with Gasteiger partial charge in [0.15, 0.2) is 0 Å². The Morgan fingerprint density at radius 2 is 1.89 bits per heavy atom. The van der Waals surface area contributed by atoms with Crippen LogP contribution in [0.1, 0.15) is 59.8 Å². The van der Waals surface area contributed by atoms with E-state index in [9.17, 15) is 4.79 Å². The minimum absolute atomic E-state index is 0.0872. The predicted octanol–water partition coefficient (Wildman–Crippen LogP) is 4.72. The first kappa shape index (κ1) is 22.7. The van der Waals surface area contributed by atoms with E-state index in [2.05, 4.69) is 24.1 Å². The summed E-state index contributed by atoms with van der Waals surface area (Å²) in [4.78, 5) is 15.2. The summed E-state index contributed by atoms with van der Waals surface area (Å²) >= 11 is 0. The summed E-state index contributed by atoms with van der Waals surface area (Å²) in [6, 6.07) is 7.61.